The fraction of sp³-hybridized carbons (Fsp3) is 0.421. The summed E-state index contributed by atoms with van der Waals surface area (Å²) in [7, 11) is 3.32. The summed E-state index contributed by atoms with van der Waals surface area (Å²) in [6.45, 7) is 4.29. The summed E-state index contributed by atoms with van der Waals surface area (Å²) >= 11 is 6.99. The monoisotopic (exact) mass is 418 g/mol. The van der Waals surface area contributed by atoms with Gasteiger partial charge in [0.25, 0.3) is 4.84 Å². The fourth-order valence-electron chi connectivity index (χ4n) is 3.41. The molecule has 3 aromatic rings. The molecule has 0 radical (unpaired) electrons. The summed E-state index contributed by atoms with van der Waals surface area (Å²) in [6, 6.07) is 4.12. The smallest absolute Gasteiger partial charge is 0.288 e. The molecule has 4 rings (SSSR count). The van der Waals surface area contributed by atoms with E-state index in [1.165, 1.54) is 11.1 Å². The third-order valence-electron chi connectivity index (χ3n) is 4.78. The Morgan fingerprint density at radius 2 is 1.96 bits per heavy atom. The molecule has 1 aliphatic rings. The maximum Gasteiger partial charge on any atom is 0.288 e. The van der Waals surface area contributed by atoms with E-state index in [1.54, 1.807) is 30.2 Å². The highest BCUT2D eigenvalue weighted by Gasteiger charge is 2.20. The lowest BCUT2D eigenvalue weighted by Crippen LogP contribution is -2.32. The second-order valence-electron chi connectivity index (χ2n) is 6.72. The molecule has 1 aliphatic heterocycles. The van der Waals surface area contributed by atoms with Gasteiger partial charge in [0.2, 0.25) is 5.89 Å². The van der Waals surface area contributed by atoms with Crippen LogP contribution >= 0.6 is 23.6 Å². The second-order valence-corrected chi connectivity index (χ2v) is 8.13. The molecule has 0 saturated heterocycles. The van der Waals surface area contributed by atoms with Gasteiger partial charge < -0.3 is 13.9 Å². The first-order chi connectivity index (χ1) is 13.6. The number of fused-ring (bicyclic) bond motifs is 1. The van der Waals surface area contributed by atoms with Crippen molar-refractivity contribution in [1.82, 2.24) is 19.7 Å². The van der Waals surface area contributed by atoms with Gasteiger partial charge in [-0.25, -0.2) is 9.67 Å². The number of aryl methyl sites for hydroxylation is 1. The van der Waals surface area contributed by atoms with E-state index in [-0.39, 0.29) is 0 Å². The van der Waals surface area contributed by atoms with Gasteiger partial charge in [-0.1, -0.05) is 0 Å². The molecule has 2 aromatic heterocycles. The minimum Gasteiger partial charge on any atom is -0.493 e. The lowest BCUT2D eigenvalue weighted by molar-refractivity contribution is 0.185. The molecule has 0 aliphatic carbocycles. The van der Waals surface area contributed by atoms with Gasteiger partial charge in [-0.15, -0.1) is 16.4 Å². The third kappa shape index (κ3) is 3.96. The van der Waals surface area contributed by atoms with E-state index in [2.05, 4.69) is 27.1 Å². The Balaban J connectivity index is 1.48. The normalized spacial score (nSPS) is 14.1. The van der Waals surface area contributed by atoms with Crippen LogP contribution in [0.5, 0.6) is 11.5 Å². The Bertz CT molecular complexity index is 1040. The van der Waals surface area contributed by atoms with E-state index in [1.807, 2.05) is 12.3 Å². The zero-order valence-corrected chi connectivity index (χ0v) is 17.7. The Kier molecular flexibility index (Phi) is 5.47. The summed E-state index contributed by atoms with van der Waals surface area (Å²) in [6.07, 6.45) is 1.49. The van der Waals surface area contributed by atoms with Crippen molar-refractivity contribution >= 4 is 23.6 Å². The molecule has 0 unspecified atom stereocenters. The molecule has 0 spiro atoms. The van der Waals surface area contributed by atoms with Gasteiger partial charge in [0.05, 0.1) is 38.0 Å². The molecule has 1 aromatic carbocycles. The lowest BCUT2D eigenvalue weighted by Gasteiger charge is -2.29. The predicted octanol–water partition coefficient (Wildman–Crippen LogP) is 3.59. The quantitative estimate of drug-likeness (QED) is 0.567. The van der Waals surface area contributed by atoms with Crippen molar-refractivity contribution in [2.75, 3.05) is 20.8 Å². The van der Waals surface area contributed by atoms with E-state index in [0.29, 0.717) is 23.8 Å². The van der Waals surface area contributed by atoms with Crippen LogP contribution < -0.4 is 9.47 Å². The first-order valence-corrected chi connectivity index (χ1v) is 10.3. The molecule has 9 heteroatoms. The Hall–Kier alpha value is -2.23. The van der Waals surface area contributed by atoms with Gasteiger partial charge in [-0.3, -0.25) is 4.90 Å². The van der Waals surface area contributed by atoms with Crippen molar-refractivity contribution in [2.45, 2.75) is 33.0 Å². The van der Waals surface area contributed by atoms with E-state index >= 15 is 0 Å². The van der Waals surface area contributed by atoms with Gasteiger partial charge >= 0.3 is 0 Å². The lowest BCUT2D eigenvalue weighted by atomic mass is 9.99. The van der Waals surface area contributed by atoms with Crippen LogP contribution in [0.4, 0.5) is 0 Å². The van der Waals surface area contributed by atoms with E-state index in [4.69, 9.17) is 26.1 Å². The molecule has 28 heavy (non-hydrogen) atoms. The number of nitrogens with zero attached hydrogens (tertiary/aromatic N) is 4. The van der Waals surface area contributed by atoms with Crippen LogP contribution in [0.2, 0.25) is 0 Å². The second kappa shape index (κ2) is 8.02. The summed E-state index contributed by atoms with van der Waals surface area (Å²) in [5.41, 5.74) is 3.48. The van der Waals surface area contributed by atoms with E-state index < -0.39 is 0 Å². The maximum absolute atomic E-state index is 5.67. The molecule has 0 bridgehead atoms. The first-order valence-electron chi connectivity index (χ1n) is 8.99. The SMILES string of the molecule is COc1cc2c(cc1OC)CN(Cn1nc(Cc3csc(C)n3)oc1=S)CC2. The molecule has 0 amide bonds. The highest BCUT2D eigenvalue weighted by Crippen LogP contribution is 2.33. The van der Waals surface area contributed by atoms with Crippen LogP contribution in [0.25, 0.3) is 0 Å². The number of hydrogen-bond donors (Lipinski definition) is 0. The largest absolute Gasteiger partial charge is 0.493 e. The number of methoxy groups -OCH3 is 2. The van der Waals surface area contributed by atoms with Gasteiger partial charge in [0.15, 0.2) is 11.5 Å². The number of ether oxygens (including phenoxy) is 2. The Labute approximate surface area is 172 Å². The van der Waals surface area contributed by atoms with Crippen LogP contribution in [-0.2, 0) is 26.1 Å². The highest BCUT2D eigenvalue weighted by atomic mass is 32.1. The number of benzene rings is 1. The Morgan fingerprint density at radius 1 is 1.21 bits per heavy atom. The summed E-state index contributed by atoms with van der Waals surface area (Å²) in [5.74, 6) is 2.12. The number of thiazole rings is 1. The standard InChI is InChI=1S/C19H22N4O3S2/c1-12-20-15(10-28-12)8-18-21-23(19(27)26-18)11-22-5-4-13-6-16(24-2)17(25-3)7-14(13)9-22/h6-7,10H,4-5,8-9,11H2,1-3H3. The predicted molar refractivity (Wildman–Crippen MR) is 109 cm³/mol. The van der Waals surface area contributed by atoms with Gasteiger partial charge in [-0.2, -0.15) is 0 Å². The van der Waals surface area contributed by atoms with Gasteiger partial charge in [0, 0.05) is 18.5 Å². The molecular formula is C19H22N4O3S2. The topological polar surface area (TPSA) is 65.6 Å². The highest BCUT2D eigenvalue weighted by molar-refractivity contribution is 7.71. The average Bonchev–Trinajstić information content (AvgIpc) is 3.25. The fourth-order valence-corrected chi connectivity index (χ4v) is 4.21. The van der Waals surface area contributed by atoms with Crippen LogP contribution in [0.1, 0.15) is 27.7 Å². The number of rotatable bonds is 6. The molecular weight excluding hydrogens is 396 g/mol. The number of hydrogen-bond acceptors (Lipinski definition) is 8. The zero-order valence-electron chi connectivity index (χ0n) is 16.1. The minimum absolute atomic E-state index is 0.389. The molecule has 0 N–H and O–H groups in total. The minimum atomic E-state index is 0.389. The molecule has 148 valence electrons. The summed E-state index contributed by atoms with van der Waals surface area (Å²) in [5, 5.41) is 7.61. The Morgan fingerprint density at radius 3 is 2.64 bits per heavy atom. The van der Waals surface area contributed by atoms with Crippen LogP contribution in [0.15, 0.2) is 21.9 Å². The van der Waals surface area contributed by atoms with Gasteiger partial charge in [-0.05, 0) is 48.8 Å². The molecule has 0 atom stereocenters. The zero-order chi connectivity index (χ0) is 19.7. The van der Waals surface area contributed by atoms with E-state index in [0.717, 1.165) is 41.7 Å². The van der Waals surface area contributed by atoms with Crippen LogP contribution in [0, 0.1) is 11.8 Å². The average molecular weight is 419 g/mol. The molecule has 0 saturated carbocycles. The molecule has 3 heterocycles. The summed E-state index contributed by atoms with van der Waals surface area (Å²) < 4.78 is 18.3. The van der Waals surface area contributed by atoms with Crippen LogP contribution in [-0.4, -0.2) is 40.4 Å². The number of aromatic nitrogens is 3. The van der Waals surface area contributed by atoms with Crippen LogP contribution in [0.3, 0.4) is 0 Å². The van der Waals surface area contributed by atoms with E-state index in [9.17, 15) is 0 Å². The maximum atomic E-state index is 5.67. The van der Waals surface area contributed by atoms with Crippen molar-refractivity contribution in [3.05, 3.63) is 50.1 Å². The third-order valence-corrected chi connectivity index (χ3v) is 5.89. The van der Waals surface area contributed by atoms with Gasteiger partial charge in [0.1, 0.15) is 0 Å². The van der Waals surface area contributed by atoms with Crippen molar-refractivity contribution in [3.63, 3.8) is 0 Å². The molecule has 7 nitrogen and oxygen atoms in total. The van der Waals surface area contributed by atoms with Crippen molar-refractivity contribution in [3.8, 4) is 11.5 Å². The van der Waals surface area contributed by atoms with Crippen molar-refractivity contribution < 1.29 is 13.9 Å². The van der Waals surface area contributed by atoms with Crippen molar-refractivity contribution in [1.29, 1.82) is 0 Å². The van der Waals surface area contributed by atoms with Crippen molar-refractivity contribution in [2.24, 2.45) is 0 Å². The first kappa shape index (κ1) is 19.1. The summed E-state index contributed by atoms with van der Waals surface area (Å²) in [4.78, 5) is 7.14. The molecule has 0 fully saturated rings.